The lowest BCUT2D eigenvalue weighted by atomic mass is 9.95. The Balaban J connectivity index is 2.35. The van der Waals surface area contributed by atoms with Gasteiger partial charge < -0.3 is 0 Å². The molecule has 4 heteroatoms. The Morgan fingerprint density at radius 3 is 2.69 bits per heavy atom. The first kappa shape index (κ1) is 10.9. The molecule has 0 amide bonds. The third-order valence-corrected chi connectivity index (χ3v) is 2.98. The van der Waals surface area contributed by atoms with Gasteiger partial charge in [0.25, 0.3) is 0 Å². The molecule has 3 nitrogen and oxygen atoms in total. The molecule has 16 heavy (non-hydrogen) atoms. The van der Waals surface area contributed by atoms with Crippen molar-refractivity contribution in [3.63, 3.8) is 0 Å². The van der Waals surface area contributed by atoms with Crippen molar-refractivity contribution in [2.75, 3.05) is 6.26 Å². The van der Waals surface area contributed by atoms with E-state index in [0.717, 1.165) is 10.7 Å². The zero-order valence-corrected chi connectivity index (χ0v) is 9.69. The predicted molar refractivity (Wildman–Crippen MR) is 67.7 cm³/mol. The quantitative estimate of drug-likeness (QED) is 0.743. The van der Waals surface area contributed by atoms with Crippen molar-refractivity contribution >= 4 is 23.1 Å². The SMILES string of the molecule is CSC1=NC(c2ccccc2)C(C#N)C=N1. The van der Waals surface area contributed by atoms with Crippen LogP contribution in [0.4, 0.5) is 0 Å². The molecule has 1 aromatic rings. The van der Waals surface area contributed by atoms with Crippen molar-refractivity contribution in [1.29, 1.82) is 5.26 Å². The maximum Gasteiger partial charge on any atom is 0.182 e. The zero-order chi connectivity index (χ0) is 11.4. The van der Waals surface area contributed by atoms with Crippen molar-refractivity contribution in [3.05, 3.63) is 35.9 Å². The Labute approximate surface area is 98.9 Å². The molecule has 1 aliphatic heterocycles. The second-order valence-electron chi connectivity index (χ2n) is 3.40. The van der Waals surface area contributed by atoms with Gasteiger partial charge in [0.15, 0.2) is 5.17 Å². The number of nitrogens with zero attached hydrogens (tertiary/aromatic N) is 3. The highest BCUT2D eigenvalue weighted by molar-refractivity contribution is 8.13. The normalized spacial score (nSPS) is 23.6. The summed E-state index contributed by atoms with van der Waals surface area (Å²) in [6.07, 6.45) is 3.63. The fourth-order valence-electron chi connectivity index (χ4n) is 1.60. The van der Waals surface area contributed by atoms with Crippen LogP contribution in [0.1, 0.15) is 11.6 Å². The van der Waals surface area contributed by atoms with Gasteiger partial charge in [-0.2, -0.15) is 5.26 Å². The number of nitriles is 1. The monoisotopic (exact) mass is 229 g/mol. The Morgan fingerprint density at radius 1 is 1.31 bits per heavy atom. The van der Waals surface area contributed by atoms with Crippen molar-refractivity contribution in [2.45, 2.75) is 6.04 Å². The van der Waals surface area contributed by atoms with Crippen LogP contribution in [0.25, 0.3) is 0 Å². The molecule has 0 fully saturated rings. The Bertz CT molecular complexity index is 459. The molecule has 1 aromatic carbocycles. The van der Waals surface area contributed by atoms with Crippen molar-refractivity contribution in [3.8, 4) is 6.07 Å². The molecule has 0 saturated carbocycles. The molecule has 1 heterocycles. The summed E-state index contributed by atoms with van der Waals surface area (Å²) >= 11 is 1.50. The maximum absolute atomic E-state index is 9.06. The lowest BCUT2D eigenvalue weighted by Gasteiger charge is -2.19. The molecule has 0 spiro atoms. The number of rotatable bonds is 1. The van der Waals surface area contributed by atoms with E-state index in [9.17, 15) is 0 Å². The number of thioether (sulfide) groups is 1. The van der Waals surface area contributed by atoms with Crippen LogP contribution in [0.15, 0.2) is 40.3 Å². The van der Waals surface area contributed by atoms with Crippen LogP contribution in [0.2, 0.25) is 0 Å². The zero-order valence-electron chi connectivity index (χ0n) is 8.87. The topological polar surface area (TPSA) is 48.5 Å². The number of aliphatic imine (C=N–C) groups is 2. The van der Waals surface area contributed by atoms with Crippen LogP contribution in [-0.4, -0.2) is 17.6 Å². The van der Waals surface area contributed by atoms with Crippen LogP contribution in [0, 0.1) is 17.2 Å². The Kier molecular flexibility index (Phi) is 3.37. The molecule has 0 aliphatic carbocycles. The van der Waals surface area contributed by atoms with Crippen LogP contribution < -0.4 is 0 Å². The summed E-state index contributed by atoms with van der Waals surface area (Å²) in [5, 5.41) is 9.80. The van der Waals surface area contributed by atoms with Gasteiger partial charge in [-0.1, -0.05) is 42.1 Å². The van der Waals surface area contributed by atoms with Gasteiger partial charge in [-0.15, -0.1) is 0 Å². The fourth-order valence-corrected chi connectivity index (χ4v) is 1.98. The highest BCUT2D eigenvalue weighted by Crippen LogP contribution is 2.28. The van der Waals surface area contributed by atoms with E-state index < -0.39 is 0 Å². The summed E-state index contributed by atoms with van der Waals surface area (Å²) in [6.45, 7) is 0. The minimum absolute atomic E-state index is 0.119. The molecule has 0 aromatic heterocycles. The minimum Gasteiger partial charge on any atom is -0.251 e. The maximum atomic E-state index is 9.06. The molecule has 0 bridgehead atoms. The van der Waals surface area contributed by atoms with E-state index in [1.807, 2.05) is 36.6 Å². The molecule has 1 aliphatic rings. The fraction of sp³-hybridized carbons (Fsp3) is 0.250. The summed E-state index contributed by atoms with van der Waals surface area (Å²) in [7, 11) is 0. The standard InChI is InChI=1S/C12H11N3S/c1-16-12-14-8-10(7-13)11(15-12)9-5-3-2-4-6-9/h2-6,8,10-11H,1H3. The van der Waals surface area contributed by atoms with E-state index >= 15 is 0 Å². The van der Waals surface area contributed by atoms with Crippen molar-refractivity contribution in [2.24, 2.45) is 15.9 Å². The lowest BCUT2D eigenvalue weighted by molar-refractivity contribution is 0.663. The van der Waals surface area contributed by atoms with E-state index in [2.05, 4.69) is 16.1 Å². The Morgan fingerprint density at radius 2 is 2.06 bits per heavy atom. The molecule has 2 atom stereocenters. The smallest absolute Gasteiger partial charge is 0.182 e. The van der Waals surface area contributed by atoms with Crippen LogP contribution in [-0.2, 0) is 0 Å². The van der Waals surface area contributed by atoms with E-state index in [0.29, 0.717) is 0 Å². The number of hydrogen-bond acceptors (Lipinski definition) is 4. The molecule has 2 unspecified atom stereocenters. The van der Waals surface area contributed by atoms with Gasteiger partial charge in [0.05, 0.1) is 12.1 Å². The summed E-state index contributed by atoms with van der Waals surface area (Å²) in [5.41, 5.74) is 1.06. The molecule has 0 N–H and O–H groups in total. The first-order chi connectivity index (χ1) is 7.85. The first-order valence-corrected chi connectivity index (χ1v) is 6.18. The Hall–Kier alpha value is -1.60. The van der Waals surface area contributed by atoms with Gasteiger partial charge in [-0.05, 0) is 11.8 Å². The molecular weight excluding hydrogens is 218 g/mol. The largest absolute Gasteiger partial charge is 0.251 e. The van der Waals surface area contributed by atoms with E-state index in [-0.39, 0.29) is 12.0 Å². The summed E-state index contributed by atoms with van der Waals surface area (Å²) in [6, 6.07) is 12.0. The second-order valence-corrected chi connectivity index (χ2v) is 4.18. The number of benzene rings is 1. The summed E-state index contributed by atoms with van der Waals surface area (Å²) in [4.78, 5) is 8.62. The van der Waals surface area contributed by atoms with E-state index in [1.54, 1.807) is 6.21 Å². The van der Waals surface area contributed by atoms with Crippen molar-refractivity contribution < 1.29 is 0 Å². The lowest BCUT2D eigenvalue weighted by Crippen LogP contribution is -2.16. The van der Waals surface area contributed by atoms with Gasteiger partial charge in [-0.25, -0.2) is 4.99 Å². The van der Waals surface area contributed by atoms with Crippen LogP contribution >= 0.6 is 11.8 Å². The first-order valence-electron chi connectivity index (χ1n) is 4.95. The highest BCUT2D eigenvalue weighted by Gasteiger charge is 2.24. The van der Waals surface area contributed by atoms with Crippen LogP contribution in [0.3, 0.4) is 0 Å². The van der Waals surface area contributed by atoms with E-state index in [1.165, 1.54) is 11.8 Å². The molecular formula is C12H11N3S. The molecule has 0 saturated heterocycles. The third kappa shape index (κ3) is 2.15. The molecule has 80 valence electrons. The number of hydrogen-bond donors (Lipinski definition) is 0. The highest BCUT2D eigenvalue weighted by atomic mass is 32.2. The summed E-state index contributed by atoms with van der Waals surface area (Å²) < 4.78 is 0. The van der Waals surface area contributed by atoms with Crippen LogP contribution in [0.5, 0.6) is 0 Å². The van der Waals surface area contributed by atoms with Gasteiger partial charge in [-0.3, -0.25) is 4.99 Å². The second kappa shape index (κ2) is 4.95. The minimum atomic E-state index is -0.265. The van der Waals surface area contributed by atoms with Gasteiger partial charge in [0.2, 0.25) is 0 Å². The van der Waals surface area contributed by atoms with Crippen molar-refractivity contribution in [1.82, 2.24) is 0 Å². The van der Waals surface area contributed by atoms with Gasteiger partial charge >= 0.3 is 0 Å². The average Bonchev–Trinajstić information content (AvgIpc) is 2.39. The average molecular weight is 229 g/mol. The molecule has 0 radical (unpaired) electrons. The number of amidine groups is 1. The summed E-state index contributed by atoms with van der Waals surface area (Å²) in [5.74, 6) is -0.265. The third-order valence-electron chi connectivity index (χ3n) is 2.41. The predicted octanol–water partition coefficient (Wildman–Crippen LogP) is 2.67. The van der Waals surface area contributed by atoms with Gasteiger partial charge in [0, 0.05) is 6.21 Å². The molecule has 2 rings (SSSR count). The van der Waals surface area contributed by atoms with Gasteiger partial charge in [0.1, 0.15) is 5.92 Å². The van der Waals surface area contributed by atoms with E-state index in [4.69, 9.17) is 5.26 Å².